The van der Waals surface area contributed by atoms with Crippen LogP contribution in [0.1, 0.15) is 16.8 Å². The predicted molar refractivity (Wildman–Crippen MR) is 80.4 cm³/mol. The number of hydrogen-bond donors (Lipinski definition) is 1. The van der Waals surface area contributed by atoms with Crippen molar-refractivity contribution in [2.75, 3.05) is 6.54 Å². The third-order valence-corrected chi connectivity index (χ3v) is 2.71. The summed E-state index contributed by atoms with van der Waals surface area (Å²) in [6, 6.07) is 12.0. The molecule has 0 atom stereocenters. The number of aromatic nitrogens is 1. The lowest BCUT2D eigenvalue weighted by Gasteiger charge is -2.04. The molecule has 0 saturated carbocycles. The Hall–Kier alpha value is -3.38. The first kappa shape index (κ1) is 16.0. The number of alkyl carbamates (subject to hydrolysis) is 1. The molecule has 1 heterocycles. The van der Waals surface area contributed by atoms with E-state index in [4.69, 9.17) is 10.00 Å². The fraction of sp³-hybridized carbons (Fsp3) is 0.118. The summed E-state index contributed by atoms with van der Waals surface area (Å²) in [6.45, 7) is 0.222. The van der Waals surface area contributed by atoms with E-state index in [2.05, 4.69) is 22.1 Å². The Morgan fingerprint density at radius 2 is 2.13 bits per heavy atom. The monoisotopic (exact) mass is 309 g/mol. The van der Waals surface area contributed by atoms with E-state index in [1.165, 1.54) is 6.20 Å². The highest BCUT2D eigenvalue weighted by Gasteiger charge is 2.02. The summed E-state index contributed by atoms with van der Waals surface area (Å²) in [5.41, 5.74) is 0.923. The molecule has 0 bridgehead atoms. The second-order valence-electron chi connectivity index (χ2n) is 4.38. The van der Waals surface area contributed by atoms with Gasteiger partial charge in [0, 0.05) is 11.8 Å². The van der Waals surface area contributed by atoms with E-state index in [1.807, 2.05) is 30.3 Å². The highest BCUT2D eigenvalue weighted by Crippen LogP contribution is 2.04. The van der Waals surface area contributed by atoms with Gasteiger partial charge in [0.1, 0.15) is 12.7 Å². The van der Waals surface area contributed by atoms with E-state index in [0.29, 0.717) is 5.56 Å². The Balaban J connectivity index is 1.78. The molecule has 23 heavy (non-hydrogen) atoms. The number of halogens is 1. The van der Waals surface area contributed by atoms with Crippen LogP contribution in [0.4, 0.5) is 9.18 Å². The van der Waals surface area contributed by atoms with E-state index < -0.39 is 11.9 Å². The van der Waals surface area contributed by atoms with Gasteiger partial charge in [0.2, 0.25) is 0 Å². The van der Waals surface area contributed by atoms with Crippen molar-refractivity contribution in [2.45, 2.75) is 6.61 Å². The molecule has 2 rings (SSSR count). The maximum Gasteiger partial charge on any atom is 0.408 e. The summed E-state index contributed by atoms with van der Waals surface area (Å²) >= 11 is 0. The van der Waals surface area contributed by atoms with Gasteiger partial charge in [-0.1, -0.05) is 42.2 Å². The molecule has 6 heteroatoms. The third-order valence-electron chi connectivity index (χ3n) is 2.71. The van der Waals surface area contributed by atoms with Gasteiger partial charge in [-0.3, -0.25) is 0 Å². The highest BCUT2D eigenvalue weighted by molar-refractivity contribution is 5.67. The van der Waals surface area contributed by atoms with Gasteiger partial charge in [-0.25, -0.2) is 14.2 Å². The van der Waals surface area contributed by atoms with Crippen LogP contribution in [0.25, 0.3) is 0 Å². The molecule has 0 aliphatic carbocycles. The lowest BCUT2D eigenvalue weighted by atomic mass is 10.2. The molecule has 1 N–H and O–H groups in total. The number of benzene rings is 1. The topological polar surface area (TPSA) is 75.0 Å². The number of amides is 1. The molecule has 114 valence electrons. The van der Waals surface area contributed by atoms with Crippen molar-refractivity contribution in [1.82, 2.24) is 10.3 Å². The minimum Gasteiger partial charge on any atom is -0.445 e. The number of nitriles is 1. The van der Waals surface area contributed by atoms with Crippen LogP contribution in [0.2, 0.25) is 0 Å². The maximum absolute atomic E-state index is 13.3. The number of rotatable bonds is 3. The van der Waals surface area contributed by atoms with Crippen molar-refractivity contribution in [3.8, 4) is 17.9 Å². The summed E-state index contributed by atoms with van der Waals surface area (Å²) in [6.07, 6.45) is 0.704. The molecular formula is C17H12FN3O2. The third kappa shape index (κ3) is 5.14. The number of nitrogens with one attached hydrogen (secondary N) is 1. The van der Waals surface area contributed by atoms with Crippen LogP contribution in [-0.2, 0) is 11.3 Å². The lowest BCUT2D eigenvalue weighted by Crippen LogP contribution is -2.24. The zero-order valence-corrected chi connectivity index (χ0v) is 12.0. The van der Waals surface area contributed by atoms with Crippen LogP contribution in [0.15, 0.2) is 42.6 Å². The molecule has 0 aliphatic heterocycles. The van der Waals surface area contributed by atoms with Crippen molar-refractivity contribution in [2.24, 2.45) is 0 Å². The summed E-state index contributed by atoms with van der Waals surface area (Å²) < 4.78 is 18.3. The quantitative estimate of drug-likeness (QED) is 0.883. The molecule has 1 aromatic heterocycles. The van der Waals surface area contributed by atoms with E-state index in [9.17, 15) is 9.18 Å². The predicted octanol–water partition coefficient (Wildman–Crippen LogP) is 2.37. The first-order valence-electron chi connectivity index (χ1n) is 6.68. The standard InChI is InChI=1S/C17H12FN3O2/c18-15-9-14(11-21-16(15)10-19)7-4-8-20-17(22)23-12-13-5-2-1-3-6-13/h1-3,5-6,9,11H,8,12H2,(H,20,22). The smallest absolute Gasteiger partial charge is 0.408 e. The Bertz CT molecular complexity index is 789. The Morgan fingerprint density at radius 1 is 1.35 bits per heavy atom. The SMILES string of the molecule is N#Cc1ncc(C#CCNC(=O)OCc2ccccc2)cc1F. The molecule has 0 spiro atoms. The summed E-state index contributed by atoms with van der Waals surface area (Å²) in [5.74, 6) is 4.55. The summed E-state index contributed by atoms with van der Waals surface area (Å²) in [7, 11) is 0. The molecule has 1 amide bonds. The minimum absolute atomic E-state index is 0.0508. The molecule has 0 saturated heterocycles. The number of carbonyl (C=O) groups excluding carboxylic acids is 1. The first-order valence-corrected chi connectivity index (χ1v) is 6.68. The van der Waals surface area contributed by atoms with E-state index >= 15 is 0 Å². The largest absolute Gasteiger partial charge is 0.445 e. The van der Waals surface area contributed by atoms with Crippen LogP contribution in [0.3, 0.4) is 0 Å². The molecule has 0 aliphatic rings. The molecule has 2 aromatic rings. The number of pyridine rings is 1. The van der Waals surface area contributed by atoms with Gasteiger partial charge in [0.05, 0.1) is 6.54 Å². The Morgan fingerprint density at radius 3 is 2.83 bits per heavy atom. The van der Waals surface area contributed by atoms with Crippen LogP contribution in [0.5, 0.6) is 0 Å². The van der Waals surface area contributed by atoms with Gasteiger partial charge in [-0.05, 0) is 11.6 Å². The van der Waals surface area contributed by atoms with Gasteiger partial charge in [-0.2, -0.15) is 5.26 Å². The average molecular weight is 309 g/mol. The Kier molecular flexibility index (Phi) is 5.67. The van der Waals surface area contributed by atoms with Crippen LogP contribution < -0.4 is 5.32 Å². The normalized spacial score (nSPS) is 9.22. The fourth-order valence-electron chi connectivity index (χ4n) is 1.63. The summed E-state index contributed by atoms with van der Waals surface area (Å²) in [4.78, 5) is 15.1. The molecule has 0 unspecified atom stereocenters. The van der Waals surface area contributed by atoms with Crippen molar-refractivity contribution >= 4 is 6.09 Å². The Labute approximate surface area is 132 Å². The average Bonchev–Trinajstić information content (AvgIpc) is 2.58. The van der Waals surface area contributed by atoms with Crippen molar-refractivity contribution in [3.63, 3.8) is 0 Å². The molecular weight excluding hydrogens is 297 g/mol. The lowest BCUT2D eigenvalue weighted by molar-refractivity contribution is 0.141. The number of hydrogen-bond acceptors (Lipinski definition) is 4. The van der Waals surface area contributed by atoms with Gasteiger partial charge < -0.3 is 10.1 Å². The van der Waals surface area contributed by atoms with Crippen LogP contribution in [0, 0.1) is 29.0 Å². The van der Waals surface area contributed by atoms with E-state index in [1.54, 1.807) is 6.07 Å². The van der Waals surface area contributed by atoms with Crippen molar-refractivity contribution < 1.29 is 13.9 Å². The maximum atomic E-state index is 13.3. The number of nitrogens with zero attached hydrogens (tertiary/aromatic N) is 2. The van der Waals surface area contributed by atoms with Gasteiger partial charge in [0.15, 0.2) is 11.5 Å². The molecule has 1 aromatic carbocycles. The second-order valence-corrected chi connectivity index (χ2v) is 4.38. The van der Waals surface area contributed by atoms with E-state index in [-0.39, 0.29) is 18.8 Å². The first-order chi connectivity index (χ1) is 11.2. The molecule has 5 nitrogen and oxygen atoms in total. The van der Waals surface area contributed by atoms with Crippen LogP contribution >= 0.6 is 0 Å². The number of carbonyl (C=O) groups is 1. The fourth-order valence-corrected chi connectivity index (χ4v) is 1.63. The van der Waals surface area contributed by atoms with Gasteiger partial charge in [-0.15, -0.1) is 0 Å². The summed E-state index contributed by atoms with van der Waals surface area (Å²) in [5, 5.41) is 11.0. The number of ether oxygens (including phenoxy) is 1. The van der Waals surface area contributed by atoms with Crippen molar-refractivity contribution in [1.29, 1.82) is 5.26 Å². The van der Waals surface area contributed by atoms with E-state index in [0.717, 1.165) is 11.6 Å². The second kappa shape index (κ2) is 8.16. The zero-order chi connectivity index (χ0) is 16.5. The zero-order valence-electron chi connectivity index (χ0n) is 12.0. The van der Waals surface area contributed by atoms with Gasteiger partial charge in [0.25, 0.3) is 0 Å². The van der Waals surface area contributed by atoms with Crippen LogP contribution in [-0.4, -0.2) is 17.6 Å². The highest BCUT2D eigenvalue weighted by atomic mass is 19.1. The van der Waals surface area contributed by atoms with Gasteiger partial charge >= 0.3 is 6.09 Å². The van der Waals surface area contributed by atoms with Crippen molar-refractivity contribution in [3.05, 3.63) is 65.2 Å². The molecule has 0 radical (unpaired) electrons. The minimum atomic E-state index is -0.727. The molecule has 0 fully saturated rings.